The number of halogens is 4. The lowest BCUT2D eigenvalue weighted by atomic mass is 10.0. The smallest absolute Gasteiger partial charge is 0.323 e. The van der Waals surface area contributed by atoms with Crippen molar-refractivity contribution in [1.82, 2.24) is 9.55 Å². The van der Waals surface area contributed by atoms with Crippen LogP contribution < -0.4 is 0 Å². The summed E-state index contributed by atoms with van der Waals surface area (Å²) < 4.78 is 43.6. The summed E-state index contributed by atoms with van der Waals surface area (Å²) >= 11 is 4.69. The Morgan fingerprint density at radius 3 is 2.57 bits per heavy atom. The molecule has 0 saturated heterocycles. The predicted octanol–water partition coefficient (Wildman–Crippen LogP) is 6.48. The van der Waals surface area contributed by atoms with E-state index in [0.717, 1.165) is 9.86 Å². The van der Waals surface area contributed by atoms with Crippen LogP contribution in [0.3, 0.4) is 0 Å². The monoisotopic (exact) mass is 496 g/mol. The molecule has 0 fully saturated rings. The summed E-state index contributed by atoms with van der Waals surface area (Å²) in [6.45, 7) is -1.08. The van der Waals surface area contributed by atoms with Gasteiger partial charge in [-0.3, -0.25) is 4.79 Å². The van der Waals surface area contributed by atoms with E-state index in [0.29, 0.717) is 26.5 Å². The number of thiazole rings is 1. The molecular formula is C21H16BrF3N2O2S. The van der Waals surface area contributed by atoms with Gasteiger partial charge < -0.3 is 9.67 Å². The van der Waals surface area contributed by atoms with E-state index in [1.165, 1.54) is 17.4 Å². The zero-order valence-electron chi connectivity index (χ0n) is 15.8. The molecule has 1 N–H and O–H groups in total. The lowest BCUT2D eigenvalue weighted by Crippen LogP contribution is -2.10. The van der Waals surface area contributed by atoms with E-state index >= 15 is 0 Å². The molecule has 2 heterocycles. The third-order valence-corrected chi connectivity index (χ3v) is 6.95. The first-order chi connectivity index (χ1) is 14.4. The zero-order valence-corrected chi connectivity index (χ0v) is 18.2. The number of aromatic nitrogens is 2. The molecule has 0 aliphatic heterocycles. The Labute approximate surface area is 182 Å². The van der Waals surface area contributed by atoms with Crippen LogP contribution in [0.15, 0.2) is 28.7 Å². The van der Waals surface area contributed by atoms with Gasteiger partial charge in [-0.2, -0.15) is 0 Å². The first-order valence-electron chi connectivity index (χ1n) is 9.02. The van der Waals surface area contributed by atoms with Crippen molar-refractivity contribution in [2.45, 2.75) is 33.5 Å². The largest absolute Gasteiger partial charge is 0.480 e. The lowest BCUT2D eigenvalue weighted by Gasteiger charge is -2.06. The van der Waals surface area contributed by atoms with Crippen LogP contribution in [0.2, 0.25) is 0 Å². The van der Waals surface area contributed by atoms with E-state index in [9.17, 15) is 23.1 Å². The summed E-state index contributed by atoms with van der Waals surface area (Å²) in [5.74, 6) is -0.992. The third kappa shape index (κ3) is 3.20. The number of benzene rings is 2. The number of nitrogens with zero attached hydrogens (tertiary/aromatic N) is 2. The van der Waals surface area contributed by atoms with Crippen molar-refractivity contribution in [3.8, 4) is 10.6 Å². The highest BCUT2D eigenvalue weighted by Crippen LogP contribution is 2.43. The summed E-state index contributed by atoms with van der Waals surface area (Å²) in [4.78, 5) is 16.0. The van der Waals surface area contributed by atoms with Gasteiger partial charge in [0, 0.05) is 32.2 Å². The second kappa shape index (κ2) is 8.03. The quantitative estimate of drug-likeness (QED) is 0.332. The highest BCUT2D eigenvalue weighted by atomic mass is 79.9. The molecule has 4 rings (SSSR count). The Morgan fingerprint density at radius 1 is 1.20 bits per heavy atom. The Hall–Kier alpha value is -2.39. The van der Waals surface area contributed by atoms with Crippen molar-refractivity contribution in [2.75, 3.05) is 0 Å². The van der Waals surface area contributed by atoms with Crippen LogP contribution in [0.1, 0.15) is 22.4 Å². The standard InChI is InChI=1S/C21H16BrF3N2O2S/c1-10-17(13-3-2-4-15(22)19(13)27(10)9-16(28)29)21-26-18-14(8-25)11(6-23)5-12(7-24)20(18)30-21/h2-5H,6-9H2,1H3,(H,28,29). The molecule has 0 unspecified atom stereocenters. The van der Waals surface area contributed by atoms with Crippen molar-refractivity contribution in [1.29, 1.82) is 0 Å². The number of carbonyl (C=O) groups is 1. The minimum absolute atomic E-state index is 0.0993. The Morgan fingerprint density at radius 2 is 1.93 bits per heavy atom. The number of rotatable bonds is 6. The van der Waals surface area contributed by atoms with Gasteiger partial charge in [-0.1, -0.05) is 12.1 Å². The second-order valence-corrected chi connectivity index (χ2v) is 8.70. The van der Waals surface area contributed by atoms with E-state index < -0.39 is 26.0 Å². The van der Waals surface area contributed by atoms with Crippen molar-refractivity contribution >= 4 is 54.4 Å². The average Bonchev–Trinajstić information content (AvgIpc) is 3.26. The van der Waals surface area contributed by atoms with E-state index in [-0.39, 0.29) is 28.8 Å². The summed E-state index contributed by atoms with van der Waals surface area (Å²) in [6, 6.07) is 6.86. The highest BCUT2D eigenvalue weighted by Gasteiger charge is 2.23. The van der Waals surface area contributed by atoms with E-state index in [4.69, 9.17) is 0 Å². The summed E-state index contributed by atoms with van der Waals surface area (Å²) in [5.41, 5.74) is 2.83. The van der Waals surface area contributed by atoms with Crippen molar-refractivity contribution < 1.29 is 23.1 Å². The van der Waals surface area contributed by atoms with Gasteiger partial charge in [-0.25, -0.2) is 18.2 Å². The van der Waals surface area contributed by atoms with Crippen LogP contribution in [-0.2, 0) is 31.4 Å². The molecule has 0 saturated carbocycles. The van der Waals surface area contributed by atoms with Crippen molar-refractivity contribution in [2.24, 2.45) is 0 Å². The van der Waals surface area contributed by atoms with Crippen LogP contribution in [-0.4, -0.2) is 20.6 Å². The molecule has 0 radical (unpaired) electrons. The average molecular weight is 497 g/mol. The zero-order chi connectivity index (χ0) is 21.6. The molecular weight excluding hydrogens is 481 g/mol. The van der Waals surface area contributed by atoms with Gasteiger partial charge >= 0.3 is 5.97 Å². The Kier molecular flexibility index (Phi) is 5.59. The molecule has 2 aromatic heterocycles. The van der Waals surface area contributed by atoms with E-state index in [2.05, 4.69) is 20.9 Å². The first kappa shape index (κ1) is 20.9. The van der Waals surface area contributed by atoms with Gasteiger partial charge in [-0.05, 0) is 40.5 Å². The van der Waals surface area contributed by atoms with Gasteiger partial charge in [0.1, 0.15) is 31.6 Å². The van der Waals surface area contributed by atoms with Crippen molar-refractivity contribution in [3.05, 3.63) is 51.1 Å². The van der Waals surface area contributed by atoms with Gasteiger partial charge in [0.2, 0.25) is 0 Å². The fourth-order valence-corrected chi connectivity index (χ4v) is 5.60. The minimum Gasteiger partial charge on any atom is -0.480 e. The highest BCUT2D eigenvalue weighted by molar-refractivity contribution is 9.10. The molecule has 156 valence electrons. The van der Waals surface area contributed by atoms with Gasteiger partial charge in [0.15, 0.2) is 0 Å². The maximum absolute atomic E-state index is 13.7. The fourth-order valence-electron chi connectivity index (χ4n) is 3.82. The Balaban J connectivity index is 2.07. The van der Waals surface area contributed by atoms with Crippen LogP contribution in [0.5, 0.6) is 0 Å². The summed E-state index contributed by atoms with van der Waals surface area (Å²) in [5, 5.41) is 10.6. The molecule has 0 amide bonds. The van der Waals surface area contributed by atoms with Crippen LogP contribution in [0.25, 0.3) is 31.7 Å². The number of hydrogen-bond donors (Lipinski definition) is 1. The number of carboxylic acids is 1. The number of alkyl halides is 3. The normalized spacial score (nSPS) is 11.6. The van der Waals surface area contributed by atoms with E-state index in [1.807, 2.05) is 18.2 Å². The van der Waals surface area contributed by atoms with Gasteiger partial charge in [0.05, 0.1) is 15.7 Å². The maximum atomic E-state index is 13.7. The first-order valence-corrected chi connectivity index (χ1v) is 10.6. The SMILES string of the molecule is Cc1c(-c2nc3c(CF)c(CF)cc(CF)c3s2)c2cccc(Br)c2n1CC(=O)O. The molecule has 0 spiro atoms. The second-order valence-electron chi connectivity index (χ2n) is 6.85. The van der Waals surface area contributed by atoms with Gasteiger partial charge in [0.25, 0.3) is 0 Å². The maximum Gasteiger partial charge on any atom is 0.323 e. The van der Waals surface area contributed by atoms with Crippen LogP contribution in [0, 0.1) is 6.92 Å². The number of fused-ring (bicyclic) bond motifs is 2. The molecule has 0 aliphatic rings. The number of carboxylic acid groups (broad SMARTS) is 1. The molecule has 0 atom stereocenters. The van der Waals surface area contributed by atoms with Gasteiger partial charge in [-0.15, -0.1) is 11.3 Å². The topological polar surface area (TPSA) is 55.1 Å². The minimum atomic E-state index is -0.992. The number of para-hydroxylation sites is 1. The molecule has 0 bridgehead atoms. The number of hydrogen-bond acceptors (Lipinski definition) is 3. The van der Waals surface area contributed by atoms with Crippen LogP contribution in [0.4, 0.5) is 13.2 Å². The molecule has 4 aromatic rings. The predicted molar refractivity (Wildman–Crippen MR) is 115 cm³/mol. The third-order valence-electron chi connectivity index (χ3n) is 5.16. The lowest BCUT2D eigenvalue weighted by molar-refractivity contribution is -0.137. The molecule has 2 aromatic carbocycles. The summed E-state index contributed by atoms with van der Waals surface area (Å²) in [7, 11) is 0. The Bertz CT molecular complexity index is 1300. The van der Waals surface area contributed by atoms with E-state index in [1.54, 1.807) is 11.5 Å². The number of aliphatic carboxylic acids is 1. The fraction of sp³-hybridized carbons (Fsp3) is 0.238. The van der Waals surface area contributed by atoms with Crippen LogP contribution >= 0.6 is 27.3 Å². The molecule has 0 aliphatic carbocycles. The molecule has 9 heteroatoms. The van der Waals surface area contributed by atoms with Crippen molar-refractivity contribution in [3.63, 3.8) is 0 Å². The molecule has 30 heavy (non-hydrogen) atoms. The molecule has 4 nitrogen and oxygen atoms in total. The summed E-state index contributed by atoms with van der Waals surface area (Å²) in [6.07, 6.45) is 0.